The summed E-state index contributed by atoms with van der Waals surface area (Å²) in [4.78, 5) is 7.93. The number of rotatable bonds is 1. The van der Waals surface area contributed by atoms with Crippen molar-refractivity contribution in [2.75, 3.05) is 5.73 Å². The molecule has 4 heteroatoms. The predicted octanol–water partition coefficient (Wildman–Crippen LogP) is 2.38. The predicted molar refractivity (Wildman–Crippen MR) is 56.9 cm³/mol. The number of nitrogen functional groups attached to an aromatic ring is 1. The number of halogens is 1. The van der Waals surface area contributed by atoms with Crippen molar-refractivity contribution in [2.45, 2.75) is 0 Å². The molecular weight excluding hydrogens is 198 g/mol. The first kappa shape index (κ1) is 8.97. The van der Waals surface area contributed by atoms with Gasteiger partial charge < -0.3 is 5.73 Å². The van der Waals surface area contributed by atoms with E-state index in [-0.39, 0.29) is 0 Å². The second kappa shape index (κ2) is 3.64. The van der Waals surface area contributed by atoms with Crippen LogP contribution in [-0.4, -0.2) is 9.97 Å². The van der Waals surface area contributed by atoms with Crippen molar-refractivity contribution in [3.05, 3.63) is 41.7 Å². The van der Waals surface area contributed by atoms with Gasteiger partial charge in [-0.05, 0) is 12.1 Å². The Kier molecular flexibility index (Phi) is 2.33. The van der Waals surface area contributed by atoms with E-state index < -0.39 is 0 Å². The highest BCUT2D eigenvalue weighted by Crippen LogP contribution is 2.19. The molecule has 0 aliphatic heterocycles. The Morgan fingerprint density at radius 2 is 1.79 bits per heavy atom. The van der Waals surface area contributed by atoms with E-state index in [1.54, 1.807) is 6.07 Å². The second-order valence-corrected chi connectivity index (χ2v) is 3.27. The Labute approximate surface area is 86.6 Å². The van der Waals surface area contributed by atoms with Crippen LogP contribution in [0.15, 0.2) is 36.7 Å². The van der Waals surface area contributed by atoms with Crippen molar-refractivity contribution in [1.29, 1.82) is 0 Å². The molecule has 1 aromatic carbocycles. The number of benzene rings is 1. The Morgan fingerprint density at radius 1 is 1.07 bits per heavy atom. The molecule has 0 aliphatic rings. The molecule has 2 N–H and O–H groups in total. The molecule has 0 radical (unpaired) electrons. The summed E-state index contributed by atoms with van der Waals surface area (Å²) in [5.41, 5.74) is 7.32. The summed E-state index contributed by atoms with van der Waals surface area (Å²) in [7, 11) is 0. The fraction of sp³-hybridized carbons (Fsp3) is 0. The van der Waals surface area contributed by atoms with Crippen LogP contribution in [0.25, 0.3) is 11.3 Å². The quantitative estimate of drug-likeness (QED) is 0.778. The van der Waals surface area contributed by atoms with Gasteiger partial charge in [0.1, 0.15) is 12.1 Å². The molecule has 1 aromatic heterocycles. The molecule has 70 valence electrons. The van der Waals surface area contributed by atoms with Gasteiger partial charge in [0.25, 0.3) is 0 Å². The molecule has 0 saturated carbocycles. The Balaban J connectivity index is 2.44. The Hall–Kier alpha value is -1.61. The van der Waals surface area contributed by atoms with Crippen molar-refractivity contribution in [1.82, 2.24) is 9.97 Å². The van der Waals surface area contributed by atoms with E-state index in [9.17, 15) is 0 Å². The van der Waals surface area contributed by atoms with Gasteiger partial charge >= 0.3 is 0 Å². The van der Waals surface area contributed by atoms with E-state index in [2.05, 4.69) is 9.97 Å². The first-order valence-corrected chi connectivity index (χ1v) is 4.47. The van der Waals surface area contributed by atoms with Crippen LogP contribution in [0.4, 0.5) is 5.82 Å². The van der Waals surface area contributed by atoms with Gasteiger partial charge in [-0.1, -0.05) is 23.7 Å². The molecule has 0 saturated heterocycles. The number of hydrogen-bond donors (Lipinski definition) is 1. The van der Waals surface area contributed by atoms with Gasteiger partial charge in [-0.3, -0.25) is 0 Å². The first-order valence-electron chi connectivity index (χ1n) is 4.09. The lowest BCUT2D eigenvalue weighted by Crippen LogP contribution is -1.92. The Bertz CT molecular complexity index is 439. The topological polar surface area (TPSA) is 51.8 Å². The molecule has 0 amide bonds. The molecule has 1 heterocycles. The second-order valence-electron chi connectivity index (χ2n) is 2.84. The fourth-order valence-electron chi connectivity index (χ4n) is 1.15. The standard InChI is InChI=1S/C10H8ClN3/c11-8-3-1-7(2-4-8)9-5-10(12)14-6-13-9/h1-6H,(H2,12,13,14). The Morgan fingerprint density at radius 3 is 2.43 bits per heavy atom. The van der Waals surface area contributed by atoms with Gasteiger partial charge in [0, 0.05) is 16.7 Å². The monoisotopic (exact) mass is 205 g/mol. The average molecular weight is 206 g/mol. The van der Waals surface area contributed by atoms with Crippen molar-refractivity contribution in [3.8, 4) is 11.3 Å². The number of anilines is 1. The van der Waals surface area contributed by atoms with E-state index in [1.807, 2.05) is 24.3 Å². The summed E-state index contributed by atoms with van der Waals surface area (Å²) >= 11 is 5.77. The van der Waals surface area contributed by atoms with Crippen LogP contribution in [0, 0.1) is 0 Å². The molecule has 0 spiro atoms. The van der Waals surface area contributed by atoms with E-state index in [4.69, 9.17) is 17.3 Å². The third-order valence-corrected chi connectivity index (χ3v) is 2.08. The smallest absolute Gasteiger partial charge is 0.127 e. The van der Waals surface area contributed by atoms with Crippen LogP contribution >= 0.6 is 11.6 Å². The van der Waals surface area contributed by atoms with Gasteiger partial charge in [-0.25, -0.2) is 9.97 Å². The zero-order valence-electron chi connectivity index (χ0n) is 7.31. The minimum Gasteiger partial charge on any atom is -0.384 e. The lowest BCUT2D eigenvalue weighted by molar-refractivity contribution is 1.18. The summed E-state index contributed by atoms with van der Waals surface area (Å²) in [5, 5.41) is 0.704. The first-order chi connectivity index (χ1) is 6.75. The maximum Gasteiger partial charge on any atom is 0.127 e. The van der Waals surface area contributed by atoms with Gasteiger partial charge in [0.15, 0.2) is 0 Å². The molecule has 3 nitrogen and oxygen atoms in total. The molecule has 2 aromatic rings. The highest BCUT2D eigenvalue weighted by molar-refractivity contribution is 6.30. The van der Waals surface area contributed by atoms with Gasteiger partial charge in [0.2, 0.25) is 0 Å². The average Bonchev–Trinajstić information content (AvgIpc) is 2.19. The van der Waals surface area contributed by atoms with E-state index in [0.717, 1.165) is 11.3 Å². The minimum atomic E-state index is 0.463. The van der Waals surface area contributed by atoms with Crippen molar-refractivity contribution < 1.29 is 0 Å². The van der Waals surface area contributed by atoms with E-state index in [0.29, 0.717) is 10.8 Å². The maximum atomic E-state index is 5.77. The molecule has 0 bridgehead atoms. The van der Waals surface area contributed by atoms with Gasteiger partial charge in [0.05, 0.1) is 5.69 Å². The van der Waals surface area contributed by atoms with Crippen LogP contribution in [-0.2, 0) is 0 Å². The van der Waals surface area contributed by atoms with Crippen molar-refractivity contribution >= 4 is 17.4 Å². The van der Waals surface area contributed by atoms with Gasteiger partial charge in [-0.15, -0.1) is 0 Å². The van der Waals surface area contributed by atoms with Crippen molar-refractivity contribution in [3.63, 3.8) is 0 Å². The van der Waals surface area contributed by atoms with Crippen LogP contribution in [0.1, 0.15) is 0 Å². The number of nitrogens with two attached hydrogens (primary N) is 1. The highest BCUT2D eigenvalue weighted by Gasteiger charge is 1.99. The summed E-state index contributed by atoms with van der Waals surface area (Å²) in [6.45, 7) is 0. The number of nitrogens with zero attached hydrogens (tertiary/aromatic N) is 2. The zero-order chi connectivity index (χ0) is 9.97. The normalized spacial score (nSPS) is 10.1. The highest BCUT2D eigenvalue weighted by atomic mass is 35.5. The molecular formula is C10H8ClN3. The van der Waals surface area contributed by atoms with Crippen LogP contribution in [0.3, 0.4) is 0 Å². The largest absolute Gasteiger partial charge is 0.384 e. The van der Waals surface area contributed by atoms with E-state index in [1.165, 1.54) is 6.33 Å². The lowest BCUT2D eigenvalue weighted by Gasteiger charge is -2.00. The SMILES string of the molecule is Nc1cc(-c2ccc(Cl)cc2)ncn1. The molecule has 0 unspecified atom stereocenters. The lowest BCUT2D eigenvalue weighted by atomic mass is 10.1. The summed E-state index contributed by atoms with van der Waals surface area (Å²) in [6.07, 6.45) is 1.44. The van der Waals surface area contributed by atoms with Crippen LogP contribution in [0.2, 0.25) is 5.02 Å². The molecule has 0 atom stereocenters. The van der Waals surface area contributed by atoms with Gasteiger partial charge in [-0.2, -0.15) is 0 Å². The summed E-state index contributed by atoms with van der Waals surface area (Å²) in [6, 6.07) is 9.14. The zero-order valence-corrected chi connectivity index (χ0v) is 8.07. The third kappa shape index (κ3) is 1.83. The molecule has 0 fully saturated rings. The summed E-state index contributed by atoms with van der Waals surface area (Å²) < 4.78 is 0. The summed E-state index contributed by atoms with van der Waals surface area (Å²) in [5.74, 6) is 0.463. The van der Waals surface area contributed by atoms with E-state index >= 15 is 0 Å². The van der Waals surface area contributed by atoms with Crippen molar-refractivity contribution in [2.24, 2.45) is 0 Å². The maximum absolute atomic E-state index is 5.77. The van der Waals surface area contributed by atoms with Crippen LogP contribution in [0.5, 0.6) is 0 Å². The minimum absolute atomic E-state index is 0.463. The van der Waals surface area contributed by atoms with Crippen LogP contribution < -0.4 is 5.73 Å². The molecule has 0 aliphatic carbocycles. The molecule has 14 heavy (non-hydrogen) atoms. The fourth-order valence-corrected chi connectivity index (χ4v) is 1.28. The number of hydrogen-bond acceptors (Lipinski definition) is 3. The third-order valence-electron chi connectivity index (χ3n) is 1.83. The molecule has 2 rings (SSSR count). The number of aromatic nitrogens is 2.